The summed E-state index contributed by atoms with van der Waals surface area (Å²) in [6, 6.07) is -1.56. The molecule has 4 atom stereocenters. The van der Waals surface area contributed by atoms with Crippen molar-refractivity contribution in [2.24, 2.45) is 17.4 Å². The molecule has 3 heterocycles. The zero-order chi connectivity index (χ0) is 25.2. The highest BCUT2D eigenvalue weighted by Crippen LogP contribution is 2.38. The van der Waals surface area contributed by atoms with E-state index in [9.17, 15) is 31.2 Å². The number of hydrogen-bond acceptors (Lipinski definition) is 9. The smallest absolute Gasteiger partial charge is 0.475 e. The molecule has 7 N–H and O–H groups in total. The molecule has 3 fully saturated rings. The minimum Gasteiger partial charge on any atom is -0.475 e. The number of carbonyl (C=O) groups excluding carboxylic acids is 2. The lowest BCUT2D eigenvalue weighted by Gasteiger charge is -2.40. The van der Waals surface area contributed by atoms with E-state index in [4.69, 9.17) is 30.7 Å². The largest absolute Gasteiger partial charge is 0.490 e. The van der Waals surface area contributed by atoms with Crippen molar-refractivity contribution in [3.8, 4) is 0 Å². The van der Waals surface area contributed by atoms with Crippen LogP contribution in [0.1, 0.15) is 19.3 Å². The minimum atomic E-state index is -5.08. The molecule has 0 spiro atoms. The van der Waals surface area contributed by atoms with Crippen LogP contribution in [0.15, 0.2) is 0 Å². The first-order valence-corrected chi connectivity index (χ1v) is 10.9. The average molecular weight is 507 g/mol. The van der Waals surface area contributed by atoms with Gasteiger partial charge >= 0.3 is 28.6 Å². The van der Waals surface area contributed by atoms with Crippen molar-refractivity contribution in [3.05, 3.63) is 0 Å². The van der Waals surface area contributed by atoms with Crippen LogP contribution < -0.4 is 16.8 Å². The van der Waals surface area contributed by atoms with Gasteiger partial charge in [0.25, 0.3) is 5.91 Å². The number of piperidine rings is 1. The van der Waals surface area contributed by atoms with Crippen molar-refractivity contribution in [3.63, 3.8) is 0 Å². The minimum absolute atomic E-state index is 0.000807. The number of carboxylic acid groups (broad SMARTS) is 1. The Morgan fingerprint density at radius 3 is 2.39 bits per heavy atom. The molecule has 14 nitrogen and oxygen atoms in total. The molecule has 3 aliphatic rings. The Balaban J connectivity index is 0.000000479. The molecule has 0 aliphatic carbocycles. The number of carboxylic acids is 1. The lowest BCUT2D eigenvalue weighted by atomic mass is 9.96. The van der Waals surface area contributed by atoms with E-state index in [1.54, 1.807) is 0 Å². The normalized spacial score (nSPS) is 29.6. The standard InChI is InChI=1S/C13H23N5O7S.C2HF3O2/c14-4-8-3-9(16-5-8)7-24-13(11(15)19)2-1-10-6-17(13)12(20)18(10)25-26(21,22)23;3-2(4,5)1(6)7/h8-10,16H,1-7,14H2,(H2,15,19)(H,21,22,23);(H,6,7)/t8-,9+,10?,13?;/m1./s1. The summed E-state index contributed by atoms with van der Waals surface area (Å²) in [5.74, 6) is -3.28. The topological polar surface area (TPSA) is 215 Å². The van der Waals surface area contributed by atoms with Crippen LogP contribution in [0.25, 0.3) is 0 Å². The number of ether oxygens (including phenoxy) is 1. The number of nitrogens with one attached hydrogen (secondary N) is 1. The predicted molar refractivity (Wildman–Crippen MR) is 100 cm³/mol. The van der Waals surface area contributed by atoms with E-state index in [-0.39, 0.29) is 32.0 Å². The van der Waals surface area contributed by atoms with Gasteiger partial charge in [0.15, 0.2) is 0 Å². The number of hydroxylamine groups is 2. The molecule has 2 unspecified atom stereocenters. The molecule has 0 aromatic heterocycles. The summed E-state index contributed by atoms with van der Waals surface area (Å²) in [4.78, 5) is 34.6. The molecule has 3 saturated heterocycles. The van der Waals surface area contributed by atoms with Crippen LogP contribution in [0.5, 0.6) is 0 Å². The van der Waals surface area contributed by atoms with E-state index in [1.165, 1.54) is 0 Å². The summed E-state index contributed by atoms with van der Waals surface area (Å²) in [5, 5.41) is 10.9. The number of amides is 3. The van der Waals surface area contributed by atoms with E-state index in [0.717, 1.165) is 17.9 Å². The molecule has 0 aromatic rings. The highest BCUT2D eigenvalue weighted by molar-refractivity contribution is 7.80. The van der Waals surface area contributed by atoms with Crippen molar-refractivity contribution in [1.82, 2.24) is 15.3 Å². The number of carbonyl (C=O) groups is 3. The molecule has 0 saturated carbocycles. The number of nitrogens with two attached hydrogens (primary N) is 2. The first kappa shape index (κ1) is 27.0. The molecule has 3 rings (SSSR count). The molecule has 0 radical (unpaired) electrons. The van der Waals surface area contributed by atoms with Gasteiger partial charge in [-0.05, 0) is 31.8 Å². The van der Waals surface area contributed by atoms with E-state index in [2.05, 4.69) is 9.60 Å². The van der Waals surface area contributed by atoms with Crippen LogP contribution in [-0.4, -0.2) is 96.2 Å². The average Bonchev–Trinajstić information content (AvgIpc) is 3.25. The third-order valence-corrected chi connectivity index (χ3v) is 5.72. The Hall–Kier alpha value is -2.25. The van der Waals surface area contributed by atoms with Gasteiger partial charge in [0.2, 0.25) is 5.72 Å². The highest BCUT2D eigenvalue weighted by atomic mass is 32.3. The fourth-order valence-corrected chi connectivity index (χ4v) is 4.15. The molecule has 0 aromatic carbocycles. The van der Waals surface area contributed by atoms with Crippen molar-refractivity contribution in [2.45, 2.75) is 43.2 Å². The Bertz CT molecular complexity index is 874. The predicted octanol–water partition coefficient (Wildman–Crippen LogP) is -1.61. The molecule has 2 bridgehead atoms. The fraction of sp³-hybridized carbons (Fsp3) is 0.800. The summed E-state index contributed by atoms with van der Waals surface area (Å²) >= 11 is 0. The number of hydrogen-bond donors (Lipinski definition) is 5. The summed E-state index contributed by atoms with van der Waals surface area (Å²) in [7, 11) is -4.87. The number of halogens is 3. The second kappa shape index (κ2) is 9.94. The second-order valence-corrected chi connectivity index (χ2v) is 8.62. The third-order valence-electron chi connectivity index (χ3n) is 5.37. The van der Waals surface area contributed by atoms with E-state index >= 15 is 0 Å². The lowest BCUT2D eigenvalue weighted by Crippen LogP contribution is -2.62. The zero-order valence-corrected chi connectivity index (χ0v) is 17.8. The molecular formula is C15H24F3N5O9S. The van der Waals surface area contributed by atoms with Gasteiger partial charge in [-0.25, -0.2) is 9.59 Å². The summed E-state index contributed by atoms with van der Waals surface area (Å²) in [6.07, 6.45) is -3.98. The van der Waals surface area contributed by atoms with E-state index in [1.807, 2.05) is 0 Å². The Labute approximate surface area is 185 Å². The van der Waals surface area contributed by atoms with Gasteiger partial charge in [-0.2, -0.15) is 26.7 Å². The van der Waals surface area contributed by atoms with Crippen LogP contribution in [0.3, 0.4) is 0 Å². The lowest BCUT2D eigenvalue weighted by molar-refractivity contribution is -0.192. The highest BCUT2D eigenvalue weighted by Gasteiger charge is 2.58. The first-order valence-electron chi connectivity index (χ1n) is 9.56. The van der Waals surface area contributed by atoms with Crippen LogP contribution in [0.4, 0.5) is 18.0 Å². The molecule has 33 heavy (non-hydrogen) atoms. The van der Waals surface area contributed by atoms with Crippen molar-refractivity contribution in [1.29, 1.82) is 0 Å². The van der Waals surface area contributed by atoms with Crippen molar-refractivity contribution >= 4 is 28.3 Å². The van der Waals surface area contributed by atoms with Gasteiger partial charge < -0.3 is 26.6 Å². The van der Waals surface area contributed by atoms with Crippen molar-refractivity contribution < 1.29 is 54.7 Å². The van der Waals surface area contributed by atoms with Crippen LogP contribution in [0, 0.1) is 5.92 Å². The Kier molecular flexibility index (Phi) is 8.13. The van der Waals surface area contributed by atoms with Gasteiger partial charge in [0, 0.05) is 19.0 Å². The van der Waals surface area contributed by atoms with Crippen LogP contribution in [0.2, 0.25) is 0 Å². The Morgan fingerprint density at radius 2 is 1.94 bits per heavy atom. The van der Waals surface area contributed by atoms with Crippen LogP contribution in [-0.2, 0) is 29.0 Å². The van der Waals surface area contributed by atoms with Gasteiger partial charge in [0.1, 0.15) is 0 Å². The maximum absolute atomic E-state index is 12.5. The number of alkyl halides is 3. The molecule has 3 aliphatic heterocycles. The number of urea groups is 1. The van der Waals surface area contributed by atoms with Gasteiger partial charge in [-0.1, -0.05) is 0 Å². The van der Waals surface area contributed by atoms with E-state index < -0.39 is 46.2 Å². The molecule has 190 valence electrons. The maximum Gasteiger partial charge on any atom is 0.490 e. The number of primary amides is 1. The van der Waals surface area contributed by atoms with E-state index in [0.29, 0.717) is 17.5 Å². The Morgan fingerprint density at radius 1 is 1.33 bits per heavy atom. The SMILES string of the molecule is NC[C@@H]1CN[C@H](COC2(C(N)=O)CCC3CN2C(=O)N3OS(=O)(=O)O)C1.O=C(O)C(F)(F)F. The molecule has 18 heteroatoms. The summed E-state index contributed by atoms with van der Waals surface area (Å²) < 4.78 is 72.7. The fourth-order valence-electron chi connectivity index (χ4n) is 3.76. The van der Waals surface area contributed by atoms with Gasteiger partial charge in [-0.3, -0.25) is 14.2 Å². The second-order valence-electron chi connectivity index (χ2n) is 7.62. The summed E-state index contributed by atoms with van der Waals surface area (Å²) in [5.41, 5.74) is 9.49. The number of aliphatic carboxylic acids is 1. The number of fused-ring (bicyclic) bond motifs is 2. The molecular weight excluding hydrogens is 483 g/mol. The first-order chi connectivity index (χ1) is 15.1. The van der Waals surface area contributed by atoms with Crippen LogP contribution >= 0.6 is 0 Å². The zero-order valence-electron chi connectivity index (χ0n) is 17.0. The number of nitrogens with zero attached hydrogens (tertiary/aromatic N) is 2. The summed E-state index contributed by atoms with van der Waals surface area (Å²) in [6.45, 7) is 1.43. The maximum atomic E-state index is 12.5. The number of rotatable bonds is 7. The third kappa shape index (κ3) is 6.42. The van der Waals surface area contributed by atoms with Crippen molar-refractivity contribution in [2.75, 3.05) is 26.2 Å². The monoisotopic (exact) mass is 507 g/mol. The molecule has 3 amide bonds. The van der Waals surface area contributed by atoms with Gasteiger partial charge in [0.05, 0.1) is 12.6 Å². The quantitative estimate of drug-likeness (QED) is 0.247. The van der Waals surface area contributed by atoms with Gasteiger partial charge in [-0.15, -0.1) is 4.28 Å².